The smallest absolute Gasteiger partial charge is 0.410 e. The average molecular weight is 228 g/mol. The van der Waals surface area contributed by atoms with E-state index in [1.165, 1.54) is 0 Å². The van der Waals surface area contributed by atoms with Crippen molar-refractivity contribution in [1.29, 1.82) is 0 Å². The summed E-state index contributed by atoms with van der Waals surface area (Å²) in [5.41, 5.74) is 5.29. The largest absolute Gasteiger partial charge is 0.444 e. The number of carbonyl (C=O) groups is 1. The van der Waals surface area contributed by atoms with Gasteiger partial charge in [-0.1, -0.05) is 13.3 Å². The van der Waals surface area contributed by atoms with E-state index < -0.39 is 5.60 Å². The molecule has 1 fully saturated rings. The van der Waals surface area contributed by atoms with Gasteiger partial charge in [0.05, 0.1) is 0 Å². The summed E-state index contributed by atoms with van der Waals surface area (Å²) in [7, 11) is 0. The molecule has 1 amide bonds. The number of hydrogen-bond acceptors (Lipinski definition) is 3. The highest BCUT2D eigenvalue weighted by atomic mass is 16.6. The van der Waals surface area contributed by atoms with Gasteiger partial charge in [0, 0.05) is 13.1 Å². The molecule has 1 aliphatic heterocycles. The van der Waals surface area contributed by atoms with Crippen LogP contribution in [0.25, 0.3) is 0 Å². The minimum Gasteiger partial charge on any atom is -0.444 e. The van der Waals surface area contributed by atoms with E-state index in [9.17, 15) is 4.79 Å². The Bertz CT molecular complexity index is 236. The summed E-state index contributed by atoms with van der Waals surface area (Å²) in [6.07, 6.45) is 0.864. The van der Waals surface area contributed by atoms with Gasteiger partial charge in [-0.15, -0.1) is 0 Å². The van der Waals surface area contributed by atoms with E-state index in [2.05, 4.69) is 6.92 Å². The van der Waals surface area contributed by atoms with Crippen molar-refractivity contribution < 1.29 is 9.53 Å². The zero-order valence-electron chi connectivity index (χ0n) is 10.8. The molecule has 1 saturated heterocycles. The van der Waals surface area contributed by atoms with E-state index in [0.29, 0.717) is 18.4 Å². The lowest BCUT2D eigenvalue weighted by Gasteiger charge is -2.24. The van der Waals surface area contributed by atoms with Crippen molar-refractivity contribution in [3.63, 3.8) is 0 Å². The maximum atomic E-state index is 11.8. The van der Waals surface area contributed by atoms with Gasteiger partial charge in [-0.25, -0.2) is 4.79 Å². The first-order valence-electron chi connectivity index (χ1n) is 6.05. The first-order chi connectivity index (χ1) is 7.37. The number of nitrogens with two attached hydrogens (primary N) is 1. The summed E-state index contributed by atoms with van der Waals surface area (Å²) in [4.78, 5) is 13.6. The summed E-state index contributed by atoms with van der Waals surface area (Å²) < 4.78 is 5.35. The lowest BCUT2D eigenvalue weighted by atomic mass is 9.94. The van der Waals surface area contributed by atoms with Gasteiger partial charge in [0.15, 0.2) is 0 Å². The van der Waals surface area contributed by atoms with Gasteiger partial charge >= 0.3 is 6.09 Å². The molecule has 0 aromatic carbocycles. The van der Waals surface area contributed by atoms with Crippen LogP contribution in [0.4, 0.5) is 4.79 Å². The van der Waals surface area contributed by atoms with E-state index in [1.54, 1.807) is 4.90 Å². The van der Waals surface area contributed by atoms with Crippen molar-refractivity contribution in [2.75, 3.05) is 19.6 Å². The third-order valence-corrected chi connectivity index (χ3v) is 3.06. The van der Waals surface area contributed by atoms with Crippen molar-refractivity contribution in [1.82, 2.24) is 4.90 Å². The summed E-state index contributed by atoms with van der Waals surface area (Å²) in [6.45, 7) is 9.98. The van der Waals surface area contributed by atoms with Gasteiger partial charge in [-0.2, -0.15) is 0 Å². The second-order valence-corrected chi connectivity index (χ2v) is 5.55. The number of carbonyl (C=O) groups excluding carboxylic acids is 1. The van der Waals surface area contributed by atoms with E-state index in [0.717, 1.165) is 19.5 Å². The number of ether oxygens (including phenoxy) is 1. The van der Waals surface area contributed by atoms with E-state index in [4.69, 9.17) is 10.5 Å². The van der Waals surface area contributed by atoms with Gasteiger partial charge in [-0.3, -0.25) is 0 Å². The Balaban J connectivity index is 2.54. The van der Waals surface area contributed by atoms with Crippen molar-refractivity contribution in [3.8, 4) is 0 Å². The standard InChI is InChI=1S/C12H24N2O2/c1-5-9-7-14(8-10(9)6-13)11(15)16-12(2,3)4/h9-10H,5-8,13H2,1-4H3. The molecule has 1 rings (SSSR count). The molecule has 2 atom stereocenters. The Morgan fingerprint density at radius 2 is 1.94 bits per heavy atom. The van der Waals surface area contributed by atoms with Crippen LogP contribution < -0.4 is 5.73 Å². The Morgan fingerprint density at radius 1 is 1.38 bits per heavy atom. The third-order valence-electron chi connectivity index (χ3n) is 3.06. The minimum absolute atomic E-state index is 0.207. The third kappa shape index (κ3) is 3.37. The Labute approximate surface area is 98.1 Å². The van der Waals surface area contributed by atoms with Crippen LogP contribution in [0.1, 0.15) is 34.1 Å². The second kappa shape index (κ2) is 5.04. The molecule has 0 bridgehead atoms. The van der Waals surface area contributed by atoms with Crippen molar-refractivity contribution in [3.05, 3.63) is 0 Å². The molecule has 16 heavy (non-hydrogen) atoms. The molecule has 1 heterocycles. The Morgan fingerprint density at radius 3 is 2.31 bits per heavy atom. The molecule has 0 radical (unpaired) electrons. The molecule has 1 aliphatic rings. The van der Waals surface area contributed by atoms with Crippen LogP contribution in [0.15, 0.2) is 0 Å². The van der Waals surface area contributed by atoms with Crippen LogP contribution in [0.3, 0.4) is 0 Å². The summed E-state index contributed by atoms with van der Waals surface area (Å²) in [5, 5.41) is 0. The quantitative estimate of drug-likeness (QED) is 0.784. The van der Waals surface area contributed by atoms with Gasteiger partial charge in [0.2, 0.25) is 0 Å². The number of rotatable bonds is 2. The monoisotopic (exact) mass is 228 g/mol. The number of amides is 1. The zero-order chi connectivity index (χ0) is 12.3. The van der Waals surface area contributed by atoms with E-state index in [-0.39, 0.29) is 6.09 Å². The van der Waals surface area contributed by atoms with Crippen molar-refractivity contribution in [2.24, 2.45) is 17.6 Å². The van der Waals surface area contributed by atoms with E-state index in [1.807, 2.05) is 20.8 Å². The number of nitrogens with zero attached hydrogens (tertiary/aromatic N) is 1. The van der Waals surface area contributed by atoms with Crippen LogP contribution in [-0.2, 0) is 4.74 Å². The van der Waals surface area contributed by atoms with Gasteiger partial charge in [-0.05, 0) is 39.2 Å². The topological polar surface area (TPSA) is 55.6 Å². The predicted octanol–water partition coefficient (Wildman–Crippen LogP) is 1.84. The lowest BCUT2D eigenvalue weighted by Crippen LogP contribution is -2.35. The molecule has 2 unspecified atom stereocenters. The highest BCUT2D eigenvalue weighted by molar-refractivity contribution is 5.68. The van der Waals surface area contributed by atoms with Gasteiger partial charge in [0.1, 0.15) is 5.60 Å². The normalized spacial score (nSPS) is 25.9. The Kier molecular flexibility index (Phi) is 4.19. The molecular weight excluding hydrogens is 204 g/mol. The average Bonchev–Trinajstić information content (AvgIpc) is 2.57. The molecule has 0 aliphatic carbocycles. The molecule has 94 valence electrons. The molecule has 4 nitrogen and oxygen atoms in total. The number of hydrogen-bond donors (Lipinski definition) is 1. The fourth-order valence-electron chi connectivity index (χ4n) is 2.14. The second-order valence-electron chi connectivity index (χ2n) is 5.55. The first kappa shape index (κ1) is 13.3. The maximum absolute atomic E-state index is 11.8. The highest BCUT2D eigenvalue weighted by Gasteiger charge is 2.35. The Hall–Kier alpha value is -0.770. The fraction of sp³-hybridized carbons (Fsp3) is 0.917. The zero-order valence-corrected chi connectivity index (χ0v) is 10.8. The summed E-state index contributed by atoms with van der Waals surface area (Å²) >= 11 is 0. The summed E-state index contributed by atoms with van der Waals surface area (Å²) in [5.74, 6) is 0.954. The summed E-state index contributed by atoms with van der Waals surface area (Å²) in [6, 6.07) is 0. The molecule has 2 N–H and O–H groups in total. The van der Waals surface area contributed by atoms with E-state index >= 15 is 0 Å². The number of likely N-dealkylation sites (tertiary alicyclic amines) is 1. The SMILES string of the molecule is CCC1CN(C(=O)OC(C)(C)C)CC1CN. The van der Waals surface area contributed by atoms with Crippen molar-refractivity contribution >= 4 is 6.09 Å². The maximum Gasteiger partial charge on any atom is 0.410 e. The van der Waals surface area contributed by atoms with Crippen LogP contribution in [0, 0.1) is 11.8 Å². The molecular formula is C12H24N2O2. The molecule has 0 aromatic rings. The lowest BCUT2D eigenvalue weighted by molar-refractivity contribution is 0.0284. The first-order valence-corrected chi connectivity index (χ1v) is 6.05. The highest BCUT2D eigenvalue weighted by Crippen LogP contribution is 2.26. The van der Waals surface area contributed by atoms with Crippen LogP contribution >= 0.6 is 0 Å². The van der Waals surface area contributed by atoms with Crippen LogP contribution in [0.2, 0.25) is 0 Å². The minimum atomic E-state index is -0.417. The molecule has 0 aromatic heterocycles. The van der Waals surface area contributed by atoms with Crippen LogP contribution in [0.5, 0.6) is 0 Å². The molecule has 0 spiro atoms. The van der Waals surface area contributed by atoms with Gasteiger partial charge < -0.3 is 15.4 Å². The van der Waals surface area contributed by atoms with Gasteiger partial charge in [0.25, 0.3) is 0 Å². The fourth-order valence-corrected chi connectivity index (χ4v) is 2.14. The molecule has 0 saturated carbocycles. The predicted molar refractivity (Wildman–Crippen MR) is 64.1 cm³/mol. The molecule has 4 heteroatoms. The van der Waals surface area contributed by atoms with Crippen molar-refractivity contribution in [2.45, 2.75) is 39.7 Å². The van der Waals surface area contributed by atoms with Crippen LogP contribution in [-0.4, -0.2) is 36.2 Å².